The Morgan fingerprint density at radius 2 is 1.93 bits per heavy atom. The highest BCUT2D eigenvalue weighted by Crippen LogP contribution is 2.41. The number of nitrogens with zero attached hydrogens (tertiary/aromatic N) is 1. The predicted octanol–water partition coefficient (Wildman–Crippen LogP) is 0.490. The smallest absolute Gasteiger partial charge is 0.231 e. The molecule has 0 fully saturated rings. The van der Waals surface area contributed by atoms with Gasteiger partial charge in [-0.25, -0.2) is 0 Å². The third-order valence-electron chi connectivity index (χ3n) is 5.08. The Balaban J connectivity index is 0.00000180. The summed E-state index contributed by atoms with van der Waals surface area (Å²) in [5.74, 6) is 3.24. The van der Waals surface area contributed by atoms with Crippen LogP contribution in [0, 0.1) is 0 Å². The molecule has 0 amide bonds. The summed E-state index contributed by atoms with van der Waals surface area (Å²) in [5, 5.41) is 2.19. The number of fused-ring (bicyclic) bond motifs is 5. The molecule has 0 radical (unpaired) electrons. The van der Waals surface area contributed by atoms with Gasteiger partial charge in [0.1, 0.15) is 0 Å². The normalized spacial score (nSPS) is 13.6. The molecular formula is C21H20ClNO4. The summed E-state index contributed by atoms with van der Waals surface area (Å²) in [5.41, 5.74) is 3.69. The molecule has 140 valence electrons. The Morgan fingerprint density at radius 1 is 1.11 bits per heavy atom. The first-order valence-electron chi connectivity index (χ1n) is 8.88. The molecule has 27 heavy (non-hydrogen) atoms. The molecule has 2 aliphatic heterocycles. The van der Waals surface area contributed by atoms with Crippen LogP contribution in [0.15, 0.2) is 36.5 Å². The van der Waals surface area contributed by atoms with Gasteiger partial charge in [0.15, 0.2) is 35.7 Å². The number of aryl methyl sites for hydroxylation is 2. The van der Waals surface area contributed by atoms with Gasteiger partial charge < -0.3 is 31.4 Å². The van der Waals surface area contributed by atoms with Crippen LogP contribution in [0.4, 0.5) is 0 Å². The summed E-state index contributed by atoms with van der Waals surface area (Å²) in [4.78, 5) is 0. The second kappa shape index (κ2) is 6.82. The van der Waals surface area contributed by atoms with Crippen LogP contribution in [0.2, 0.25) is 0 Å². The topological polar surface area (TPSA) is 40.8 Å². The Kier molecular flexibility index (Phi) is 4.48. The van der Waals surface area contributed by atoms with Gasteiger partial charge in [0, 0.05) is 12.5 Å². The van der Waals surface area contributed by atoms with Crippen molar-refractivity contribution in [1.29, 1.82) is 0 Å². The lowest BCUT2D eigenvalue weighted by molar-refractivity contribution is -0.686. The molecule has 0 unspecified atom stereocenters. The van der Waals surface area contributed by atoms with E-state index in [4.69, 9.17) is 18.9 Å². The van der Waals surface area contributed by atoms with Crippen LogP contribution >= 0.6 is 0 Å². The lowest BCUT2D eigenvalue weighted by Crippen LogP contribution is -3.00. The first-order valence-corrected chi connectivity index (χ1v) is 8.88. The molecule has 1 aromatic heterocycles. The summed E-state index contributed by atoms with van der Waals surface area (Å²) in [6.45, 7) is 3.81. The zero-order valence-electron chi connectivity index (χ0n) is 15.3. The molecule has 2 aliphatic rings. The van der Waals surface area contributed by atoms with Crippen molar-refractivity contribution in [2.24, 2.45) is 0 Å². The second-order valence-electron chi connectivity index (χ2n) is 6.50. The first-order chi connectivity index (χ1) is 12.8. The standard InChI is InChI=1S/C21H20NO4.ClH/c1-3-24-18-5-4-13-8-17-15-10-20-19(25-12-26-20)9-14(15)6-7-22(17)11-16(13)21(18)23-2;/h4-5,8-11H,3,6-7,12H2,1-2H3;1H/q+1;/p-1. The fourth-order valence-corrected chi connectivity index (χ4v) is 3.88. The number of methoxy groups -OCH3 is 1. The largest absolute Gasteiger partial charge is 1.00 e. The van der Waals surface area contributed by atoms with Crippen LogP contribution in [0.1, 0.15) is 12.5 Å². The van der Waals surface area contributed by atoms with Crippen molar-refractivity contribution in [2.75, 3.05) is 20.5 Å². The van der Waals surface area contributed by atoms with E-state index >= 15 is 0 Å². The lowest BCUT2D eigenvalue weighted by atomic mass is 9.95. The van der Waals surface area contributed by atoms with Crippen molar-refractivity contribution in [3.05, 3.63) is 42.1 Å². The molecule has 0 saturated heterocycles. The van der Waals surface area contributed by atoms with E-state index in [0.717, 1.165) is 46.7 Å². The molecule has 0 atom stereocenters. The number of ether oxygens (including phenoxy) is 4. The van der Waals surface area contributed by atoms with Crippen LogP contribution < -0.4 is 35.9 Å². The van der Waals surface area contributed by atoms with Crippen molar-refractivity contribution < 1.29 is 35.9 Å². The van der Waals surface area contributed by atoms with Crippen LogP contribution in [0.25, 0.3) is 22.0 Å². The second-order valence-corrected chi connectivity index (χ2v) is 6.50. The highest BCUT2D eigenvalue weighted by Gasteiger charge is 2.28. The Hall–Kier alpha value is -2.66. The Morgan fingerprint density at radius 3 is 2.70 bits per heavy atom. The van der Waals surface area contributed by atoms with Crippen molar-refractivity contribution in [1.82, 2.24) is 0 Å². The molecular weight excluding hydrogens is 366 g/mol. The molecule has 0 saturated carbocycles. The van der Waals surface area contributed by atoms with Gasteiger partial charge in [0.25, 0.3) is 0 Å². The summed E-state index contributed by atoms with van der Waals surface area (Å²) in [6, 6.07) is 10.5. The maximum Gasteiger partial charge on any atom is 0.231 e. The summed E-state index contributed by atoms with van der Waals surface area (Å²) >= 11 is 0. The molecule has 2 aromatic carbocycles. The lowest BCUT2D eigenvalue weighted by Gasteiger charge is -2.17. The average molecular weight is 386 g/mol. The van der Waals surface area contributed by atoms with Gasteiger partial charge in [0.2, 0.25) is 12.5 Å². The Labute approximate surface area is 163 Å². The molecule has 5 rings (SSSR count). The minimum absolute atomic E-state index is 0. The third-order valence-corrected chi connectivity index (χ3v) is 5.08. The zero-order chi connectivity index (χ0) is 17.7. The highest BCUT2D eigenvalue weighted by molar-refractivity contribution is 5.91. The predicted molar refractivity (Wildman–Crippen MR) is 97.1 cm³/mol. The van der Waals surface area contributed by atoms with Crippen LogP contribution in [-0.2, 0) is 13.0 Å². The van der Waals surface area contributed by atoms with Crippen LogP contribution in [0.3, 0.4) is 0 Å². The van der Waals surface area contributed by atoms with Gasteiger partial charge in [-0.05, 0) is 42.1 Å². The third kappa shape index (κ3) is 2.73. The van der Waals surface area contributed by atoms with Gasteiger partial charge in [-0.1, -0.05) is 0 Å². The van der Waals surface area contributed by atoms with Crippen LogP contribution in [0.5, 0.6) is 23.0 Å². The highest BCUT2D eigenvalue weighted by atomic mass is 35.5. The van der Waals surface area contributed by atoms with E-state index in [1.165, 1.54) is 16.8 Å². The van der Waals surface area contributed by atoms with E-state index in [9.17, 15) is 0 Å². The number of rotatable bonds is 3. The number of hydrogen-bond donors (Lipinski definition) is 0. The first kappa shape index (κ1) is 17.7. The van der Waals surface area contributed by atoms with Crippen molar-refractivity contribution in [3.8, 4) is 34.3 Å². The maximum atomic E-state index is 5.72. The zero-order valence-corrected chi connectivity index (χ0v) is 16.0. The van der Waals surface area contributed by atoms with Gasteiger partial charge in [0.05, 0.1) is 24.7 Å². The molecule has 3 heterocycles. The quantitative estimate of drug-likeness (QED) is 0.615. The fraction of sp³-hybridized carbons (Fsp3) is 0.286. The number of pyridine rings is 1. The van der Waals surface area contributed by atoms with Crippen molar-refractivity contribution in [2.45, 2.75) is 19.9 Å². The molecule has 0 bridgehead atoms. The van der Waals surface area contributed by atoms with Crippen molar-refractivity contribution in [3.63, 3.8) is 0 Å². The van der Waals surface area contributed by atoms with Crippen LogP contribution in [-0.4, -0.2) is 20.5 Å². The van der Waals surface area contributed by atoms with E-state index in [-0.39, 0.29) is 12.4 Å². The van der Waals surface area contributed by atoms with E-state index in [1.54, 1.807) is 7.11 Å². The molecule has 0 spiro atoms. The van der Waals surface area contributed by atoms with Gasteiger partial charge >= 0.3 is 0 Å². The van der Waals surface area contributed by atoms with Gasteiger partial charge in [-0.3, -0.25) is 0 Å². The minimum atomic E-state index is 0. The number of halogens is 1. The van der Waals surface area contributed by atoms with E-state index in [1.807, 2.05) is 13.0 Å². The van der Waals surface area contributed by atoms with Gasteiger partial charge in [-0.2, -0.15) is 4.57 Å². The molecule has 5 nitrogen and oxygen atoms in total. The number of aromatic nitrogens is 1. The molecule has 0 N–H and O–H groups in total. The van der Waals surface area contributed by atoms with E-state index in [2.05, 4.69) is 35.0 Å². The molecule has 3 aromatic rings. The maximum absolute atomic E-state index is 5.72. The average Bonchev–Trinajstić information content (AvgIpc) is 3.12. The summed E-state index contributed by atoms with van der Waals surface area (Å²) < 4.78 is 24.8. The van der Waals surface area contributed by atoms with E-state index < -0.39 is 0 Å². The summed E-state index contributed by atoms with van der Waals surface area (Å²) in [7, 11) is 1.69. The fourth-order valence-electron chi connectivity index (χ4n) is 3.88. The van der Waals surface area contributed by atoms with E-state index in [0.29, 0.717) is 13.4 Å². The SMILES string of the molecule is CCOc1ccc2cc3[n+](cc2c1OC)CCc1cc2c(cc1-3)OCO2.[Cl-]. The minimum Gasteiger partial charge on any atom is -1.00 e. The molecule has 0 aliphatic carbocycles. The van der Waals surface area contributed by atoms with Crippen molar-refractivity contribution >= 4 is 10.8 Å². The Bertz CT molecular complexity index is 1030. The summed E-state index contributed by atoms with van der Waals surface area (Å²) in [6.07, 6.45) is 3.13. The molecule has 6 heteroatoms. The monoisotopic (exact) mass is 385 g/mol. The number of hydrogen-bond acceptors (Lipinski definition) is 4. The number of benzene rings is 2. The van der Waals surface area contributed by atoms with Gasteiger partial charge in [-0.15, -0.1) is 0 Å².